The molecule has 1 unspecified atom stereocenters. The molecule has 0 saturated carbocycles. The van der Waals surface area contributed by atoms with E-state index in [4.69, 9.17) is 10.5 Å². The molecule has 3 nitrogen and oxygen atoms in total. The number of nitrogen functional groups attached to an aromatic ring is 1. The highest BCUT2D eigenvalue weighted by molar-refractivity contribution is 9.10. The molecule has 0 spiro atoms. The highest BCUT2D eigenvalue weighted by atomic mass is 79.9. The fourth-order valence-corrected chi connectivity index (χ4v) is 2.09. The Balaban J connectivity index is 1.96. The van der Waals surface area contributed by atoms with Crippen molar-refractivity contribution in [2.45, 2.75) is 19.4 Å². The monoisotopic (exact) mass is 333 g/mol. The molecular formula is C16H16BrNO2. The summed E-state index contributed by atoms with van der Waals surface area (Å²) in [4.78, 5) is 12.0. The van der Waals surface area contributed by atoms with Crippen molar-refractivity contribution >= 4 is 27.6 Å². The van der Waals surface area contributed by atoms with Crippen molar-refractivity contribution in [2.75, 3.05) is 5.73 Å². The first-order valence-corrected chi connectivity index (χ1v) is 7.12. The minimum Gasteiger partial charge on any atom is -0.460 e. The van der Waals surface area contributed by atoms with Crippen LogP contribution in [0.4, 0.5) is 5.69 Å². The topological polar surface area (TPSA) is 52.3 Å². The molecule has 20 heavy (non-hydrogen) atoms. The Kier molecular flexibility index (Phi) is 4.79. The normalized spacial score (nSPS) is 11.9. The third-order valence-corrected chi connectivity index (χ3v) is 3.59. The number of hydrogen-bond acceptors (Lipinski definition) is 3. The van der Waals surface area contributed by atoms with Gasteiger partial charge in [-0.2, -0.15) is 0 Å². The largest absolute Gasteiger partial charge is 0.460 e. The molecule has 0 fully saturated rings. The minimum absolute atomic E-state index is 0.251. The smallest absolute Gasteiger partial charge is 0.313 e. The number of ether oxygens (including phenoxy) is 1. The van der Waals surface area contributed by atoms with Gasteiger partial charge in [0.25, 0.3) is 0 Å². The van der Waals surface area contributed by atoms with Crippen LogP contribution < -0.4 is 5.73 Å². The SMILES string of the molecule is CC(C(=O)OCc1ccc(Br)cc1)c1cccc(N)c1. The standard InChI is InChI=1S/C16H16BrNO2/c1-11(13-3-2-4-15(18)9-13)16(19)20-10-12-5-7-14(17)8-6-12/h2-9,11H,10,18H2,1H3. The van der Waals surface area contributed by atoms with E-state index in [1.807, 2.05) is 43.3 Å². The Bertz CT molecular complexity index is 596. The van der Waals surface area contributed by atoms with Gasteiger partial charge in [0.15, 0.2) is 0 Å². The van der Waals surface area contributed by atoms with E-state index in [9.17, 15) is 4.79 Å². The second kappa shape index (κ2) is 6.57. The molecule has 4 heteroatoms. The van der Waals surface area contributed by atoms with Crippen LogP contribution in [0.25, 0.3) is 0 Å². The first kappa shape index (κ1) is 14.6. The number of anilines is 1. The van der Waals surface area contributed by atoms with Crippen LogP contribution in [0.3, 0.4) is 0 Å². The van der Waals surface area contributed by atoms with Gasteiger partial charge < -0.3 is 10.5 Å². The number of rotatable bonds is 4. The summed E-state index contributed by atoms with van der Waals surface area (Å²) < 4.78 is 6.33. The molecule has 2 aromatic rings. The van der Waals surface area contributed by atoms with E-state index in [-0.39, 0.29) is 18.5 Å². The van der Waals surface area contributed by atoms with E-state index in [2.05, 4.69) is 15.9 Å². The van der Waals surface area contributed by atoms with Gasteiger partial charge in [0.05, 0.1) is 5.92 Å². The molecule has 0 bridgehead atoms. The van der Waals surface area contributed by atoms with Gasteiger partial charge in [0.2, 0.25) is 0 Å². The lowest BCUT2D eigenvalue weighted by atomic mass is 10.0. The van der Waals surface area contributed by atoms with Gasteiger partial charge >= 0.3 is 5.97 Å². The first-order chi connectivity index (χ1) is 9.56. The van der Waals surface area contributed by atoms with E-state index < -0.39 is 0 Å². The summed E-state index contributed by atoms with van der Waals surface area (Å²) in [6.07, 6.45) is 0. The highest BCUT2D eigenvalue weighted by Gasteiger charge is 2.16. The number of nitrogens with two attached hydrogens (primary N) is 1. The molecular weight excluding hydrogens is 318 g/mol. The first-order valence-electron chi connectivity index (χ1n) is 6.33. The second-order valence-electron chi connectivity index (χ2n) is 4.63. The van der Waals surface area contributed by atoms with E-state index >= 15 is 0 Å². The van der Waals surface area contributed by atoms with Crippen LogP contribution in [0.1, 0.15) is 24.0 Å². The highest BCUT2D eigenvalue weighted by Crippen LogP contribution is 2.20. The maximum absolute atomic E-state index is 12.0. The summed E-state index contributed by atoms with van der Waals surface area (Å²) in [5.41, 5.74) is 8.19. The molecule has 0 aliphatic heterocycles. The second-order valence-corrected chi connectivity index (χ2v) is 5.54. The van der Waals surface area contributed by atoms with Crippen LogP contribution in [0.15, 0.2) is 53.0 Å². The Morgan fingerprint density at radius 2 is 1.95 bits per heavy atom. The Hall–Kier alpha value is -1.81. The number of carbonyl (C=O) groups excluding carboxylic acids is 1. The molecule has 2 rings (SSSR count). The summed E-state index contributed by atoms with van der Waals surface area (Å²) in [6, 6.07) is 15.0. The Morgan fingerprint density at radius 3 is 2.60 bits per heavy atom. The Labute approximate surface area is 126 Å². The molecule has 0 saturated heterocycles. The van der Waals surface area contributed by atoms with Crippen molar-refractivity contribution in [1.29, 1.82) is 0 Å². The Morgan fingerprint density at radius 1 is 1.25 bits per heavy atom. The number of halogens is 1. The number of carbonyl (C=O) groups is 1. The summed E-state index contributed by atoms with van der Waals surface area (Å²) in [7, 11) is 0. The maximum atomic E-state index is 12.0. The predicted octanol–water partition coefficient (Wildman–Crippen LogP) is 3.88. The van der Waals surface area contributed by atoms with E-state index in [1.165, 1.54) is 0 Å². The molecule has 2 aromatic carbocycles. The third-order valence-electron chi connectivity index (χ3n) is 3.06. The van der Waals surface area contributed by atoms with Crippen LogP contribution in [0.5, 0.6) is 0 Å². The van der Waals surface area contributed by atoms with Gasteiger partial charge in [0, 0.05) is 10.2 Å². The molecule has 1 atom stereocenters. The molecule has 0 radical (unpaired) electrons. The van der Waals surface area contributed by atoms with Crippen LogP contribution in [-0.2, 0) is 16.1 Å². The predicted molar refractivity (Wildman–Crippen MR) is 83.2 cm³/mol. The van der Waals surface area contributed by atoms with Gasteiger partial charge in [-0.15, -0.1) is 0 Å². The summed E-state index contributed by atoms with van der Waals surface area (Å²) in [6.45, 7) is 2.09. The molecule has 104 valence electrons. The summed E-state index contributed by atoms with van der Waals surface area (Å²) in [5.74, 6) is -0.576. The van der Waals surface area contributed by atoms with Gasteiger partial charge in [-0.1, -0.05) is 40.2 Å². The fraction of sp³-hybridized carbons (Fsp3) is 0.188. The van der Waals surface area contributed by atoms with Crippen molar-refractivity contribution in [1.82, 2.24) is 0 Å². The van der Waals surface area contributed by atoms with Crippen molar-refractivity contribution in [3.63, 3.8) is 0 Å². The van der Waals surface area contributed by atoms with Gasteiger partial charge in [0.1, 0.15) is 6.61 Å². The molecule has 0 aliphatic rings. The lowest BCUT2D eigenvalue weighted by Gasteiger charge is -2.12. The van der Waals surface area contributed by atoms with Crippen molar-refractivity contribution < 1.29 is 9.53 Å². The maximum Gasteiger partial charge on any atom is 0.313 e. The number of hydrogen-bond donors (Lipinski definition) is 1. The molecule has 0 aromatic heterocycles. The zero-order chi connectivity index (χ0) is 14.5. The van der Waals surface area contributed by atoms with Gasteiger partial charge in [-0.05, 0) is 42.3 Å². The zero-order valence-electron chi connectivity index (χ0n) is 11.2. The van der Waals surface area contributed by atoms with Crippen LogP contribution >= 0.6 is 15.9 Å². The van der Waals surface area contributed by atoms with Crippen molar-refractivity contribution in [2.24, 2.45) is 0 Å². The van der Waals surface area contributed by atoms with Crippen LogP contribution in [-0.4, -0.2) is 5.97 Å². The average Bonchev–Trinajstić information content (AvgIpc) is 2.45. The summed E-state index contributed by atoms with van der Waals surface area (Å²) in [5, 5.41) is 0. The van der Waals surface area contributed by atoms with Gasteiger partial charge in [-0.3, -0.25) is 4.79 Å². The van der Waals surface area contributed by atoms with Crippen LogP contribution in [0.2, 0.25) is 0 Å². The van der Waals surface area contributed by atoms with E-state index in [1.54, 1.807) is 12.1 Å². The quantitative estimate of drug-likeness (QED) is 0.682. The molecule has 0 aliphatic carbocycles. The third kappa shape index (κ3) is 3.84. The number of esters is 1. The van der Waals surface area contributed by atoms with Crippen molar-refractivity contribution in [3.8, 4) is 0 Å². The number of benzene rings is 2. The van der Waals surface area contributed by atoms with Gasteiger partial charge in [-0.25, -0.2) is 0 Å². The van der Waals surface area contributed by atoms with E-state index in [0.29, 0.717) is 5.69 Å². The lowest BCUT2D eigenvalue weighted by molar-refractivity contribution is -0.146. The molecule has 0 heterocycles. The minimum atomic E-state index is -0.325. The zero-order valence-corrected chi connectivity index (χ0v) is 12.8. The molecule has 0 amide bonds. The summed E-state index contributed by atoms with van der Waals surface area (Å²) >= 11 is 3.37. The fourth-order valence-electron chi connectivity index (χ4n) is 1.82. The van der Waals surface area contributed by atoms with Crippen molar-refractivity contribution in [3.05, 3.63) is 64.1 Å². The van der Waals surface area contributed by atoms with Crippen LogP contribution in [0, 0.1) is 0 Å². The molecule has 2 N–H and O–H groups in total. The average molecular weight is 334 g/mol. The lowest BCUT2D eigenvalue weighted by Crippen LogP contribution is -2.13. The van der Waals surface area contributed by atoms with E-state index in [0.717, 1.165) is 15.6 Å².